The van der Waals surface area contributed by atoms with Crippen LogP contribution in [0.4, 0.5) is 0 Å². The Bertz CT molecular complexity index is 734. The second kappa shape index (κ2) is 6.46. The Morgan fingerprint density at radius 1 is 1.08 bits per heavy atom. The van der Waals surface area contributed by atoms with Crippen molar-refractivity contribution in [2.75, 3.05) is 0 Å². The fourth-order valence-electron chi connectivity index (χ4n) is 6.57. The average Bonchev–Trinajstić information content (AvgIpc) is 2.60. The lowest BCUT2D eigenvalue weighted by molar-refractivity contribution is -0.0111. The minimum Gasteiger partial charge on any atom is -0.294 e. The predicted molar refractivity (Wildman–Crippen MR) is 117 cm³/mol. The summed E-state index contributed by atoms with van der Waals surface area (Å²) in [5.41, 5.74) is 2.60. The van der Waals surface area contributed by atoms with Gasteiger partial charge < -0.3 is 0 Å². The topological polar surface area (TPSA) is 17.1 Å². The maximum absolute atomic E-state index is 13.6. The normalized spacial score (nSPS) is 42.4. The number of Topliss-reactive ketones (excluding diaryl/α,β-unsaturated/α-hetero) is 1. The number of benzene rings is 1. The first-order chi connectivity index (χ1) is 12.3. The molecular formula is C24H31IO. The van der Waals surface area contributed by atoms with Crippen molar-refractivity contribution in [2.45, 2.75) is 69.1 Å². The second-order valence-electron chi connectivity index (χ2n) is 9.69. The molecule has 2 heteroatoms. The molecular weight excluding hydrogens is 431 g/mol. The first kappa shape index (κ1) is 18.7. The van der Waals surface area contributed by atoms with Gasteiger partial charge in [0.1, 0.15) is 0 Å². The van der Waals surface area contributed by atoms with Gasteiger partial charge in [0.25, 0.3) is 0 Å². The van der Waals surface area contributed by atoms with Gasteiger partial charge in [-0.3, -0.25) is 4.79 Å². The summed E-state index contributed by atoms with van der Waals surface area (Å²) in [6.07, 6.45) is 11.0. The zero-order chi connectivity index (χ0) is 18.6. The molecule has 26 heavy (non-hydrogen) atoms. The highest BCUT2D eigenvalue weighted by Gasteiger charge is 2.57. The van der Waals surface area contributed by atoms with Gasteiger partial charge in [-0.25, -0.2) is 0 Å². The summed E-state index contributed by atoms with van der Waals surface area (Å²) in [5.74, 6) is 1.60. The molecule has 3 aliphatic carbocycles. The van der Waals surface area contributed by atoms with Crippen molar-refractivity contribution in [3.63, 3.8) is 0 Å². The third kappa shape index (κ3) is 2.91. The molecule has 0 radical (unpaired) electrons. The summed E-state index contributed by atoms with van der Waals surface area (Å²) >= 11 is 2.66. The fourth-order valence-corrected chi connectivity index (χ4v) is 7.32. The van der Waals surface area contributed by atoms with Crippen LogP contribution in [-0.4, -0.2) is 9.20 Å². The van der Waals surface area contributed by atoms with Crippen LogP contribution in [0.1, 0.15) is 76.1 Å². The van der Waals surface area contributed by atoms with E-state index >= 15 is 0 Å². The molecule has 2 unspecified atom stereocenters. The van der Waals surface area contributed by atoms with Crippen LogP contribution >= 0.6 is 22.6 Å². The molecule has 1 aromatic carbocycles. The molecule has 0 amide bonds. The molecule has 0 N–H and O–H groups in total. The summed E-state index contributed by atoms with van der Waals surface area (Å²) in [7, 11) is 0. The highest BCUT2D eigenvalue weighted by molar-refractivity contribution is 14.1. The molecule has 2 fully saturated rings. The third-order valence-electron chi connectivity index (χ3n) is 7.81. The number of carbonyl (C=O) groups is 1. The van der Waals surface area contributed by atoms with E-state index in [-0.39, 0.29) is 10.8 Å². The molecule has 0 heterocycles. The number of halogens is 1. The van der Waals surface area contributed by atoms with Crippen LogP contribution in [0, 0.1) is 22.7 Å². The first-order valence-corrected chi connectivity index (χ1v) is 11.3. The molecule has 2 saturated carbocycles. The van der Waals surface area contributed by atoms with E-state index in [4.69, 9.17) is 0 Å². The molecule has 3 aliphatic rings. The SMILES string of the molecule is C[C@]1(I)CC=C2C(CCC3[C@](C)(C(=O)c4ccccc4)CCC[C@@]23C)C1. The summed E-state index contributed by atoms with van der Waals surface area (Å²) in [4.78, 5) is 13.6. The molecule has 0 aliphatic heterocycles. The molecule has 0 spiro atoms. The van der Waals surface area contributed by atoms with E-state index in [0.717, 1.165) is 17.9 Å². The van der Waals surface area contributed by atoms with Crippen molar-refractivity contribution < 1.29 is 4.79 Å². The first-order valence-electron chi connectivity index (χ1n) is 10.3. The van der Waals surface area contributed by atoms with Crippen LogP contribution < -0.4 is 0 Å². The Balaban J connectivity index is 1.71. The van der Waals surface area contributed by atoms with Crippen molar-refractivity contribution in [2.24, 2.45) is 22.7 Å². The van der Waals surface area contributed by atoms with Crippen LogP contribution in [0.25, 0.3) is 0 Å². The summed E-state index contributed by atoms with van der Waals surface area (Å²) in [6, 6.07) is 10.0. The molecule has 1 aromatic rings. The largest absolute Gasteiger partial charge is 0.294 e. The van der Waals surface area contributed by atoms with Gasteiger partial charge in [0.15, 0.2) is 5.78 Å². The van der Waals surface area contributed by atoms with Crippen LogP contribution in [0.2, 0.25) is 0 Å². The predicted octanol–water partition coefficient (Wildman–Crippen LogP) is 7.01. The Kier molecular flexibility index (Phi) is 4.65. The van der Waals surface area contributed by atoms with Crippen LogP contribution in [0.3, 0.4) is 0 Å². The van der Waals surface area contributed by atoms with Gasteiger partial charge in [0.05, 0.1) is 0 Å². The van der Waals surface area contributed by atoms with E-state index in [0.29, 0.717) is 15.1 Å². The standard InChI is InChI=1S/C24H31IO/c1-22(25)15-12-19-18(16-22)10-11-20-23(19,2)13-7-14-24(20,3)21(26)17-8-5-4-6-9-17/h4-6,8-9,12,18,20H,7,10-11,13-16H2,1-3H3/t18?,20?,22-,23-,24+/m0/s1. The Morgan fingerprint density at radius 3 is 2.54 bits per heavy atom. The van der Waals surface area contributed by atoms with Gasteiger partial charge in [-0.05, 0) is 55.8 Å². The monoisotopic (exact) mass is 462 g/mol. The Hall–Kier alpha value is -0.640. The van der Waals surface area contributed by atoms with Gasteiger partial charge in [0.2, 0.25) is 0 Å². The van der Waals surface area contributed by atoms with Crippen LogP contribution in [-0.2, 0) is 0 Å². The highest BCUT2D eigenvalue weighted by Crippen LogP contribution is 2.64. The molecule has 140 valence electrons. The van der Waals surface area contributed by atoms with Crippen LogP contribution in [0.5, 0.6) is 0 Å². The smallest absolute Gasteiger partial charge is 0.169 e. The van der Waals surface area contributed by atoms with Crippen LogP contribution in [0.15, 0.2) is 42.0 Å². The molecule has 1 nitrogen and oxygen atoms in total. The van der Waals surface area contributed by atoms with E-state index in [1.54, 1.807) is 5.57 Å². The molecule has 0 saturated heterocycles. The number of allylic oxidation sites excluding steroid dienone is 2. The van der Waals surface area contributed by atoms with Gasteiger partial charge in [-0.1, -0.05) is 91.8 Å². The minimum atomic E-state index is -0.217. The molecule has 0 bridgehead atoms. The van der Waals surface area contributed by atoms with Gasteiger partial charge in [-0.15, -0.1) is 0 Å². The number of carbonyl (C=O) groups excluding carboxylic acids is 1. The molecule has 5 atom stereocenters. The maximum atomic E-state index is 13.6. The number of rotatable bonds is 2. The van der Waals surface area contributed by atoms with E-state index < -0.39 is 0 Å². The van der Waals surface area contributed by atoms with E-state index in [1.807, 2.05) is 30.3 Å². The lowest BCUT2D eigenvalue weighted by atomic mass is 9.45. The minimum absolute atomic E-state index is 0.216. The van der Waals surface area contributed by atoms with E-state index in [1.165, 1.54) is 38.5 Å². The lowest BCUT2D eigenvalue weighted by Crippen LogP contribution is -2.53. The quantitative estimate of drug-likeness (QED) is 0.200. The number of fused-ring (bicyclic) bond motifs is 3. The van der Waals surface area contributed by atoms with E-state index in [9.17, 15) is 4.79 Å². The van der Waals surface area contributed by atoms with Crippen molar-refractivity contribution >= 4 is 28.4 Å². The average molecular weight is 462 g/mol. The van der Waals surface area contributed by atoms with Crippen molar-refractivity contribution in [1.82, 2.24) is 0 Å². The van der Waals surface area contributed by atoms with Gasteiger partial charge in [-0.2, -0.15) is 0 Å². The second-order valence-corrected chi connectivity index (χ2v) is 12.3. The summed E-state index contributed by atoms with van der Waals surface area (Å²) in [6.45, 7) is 7.16. The summed E-state index contributed by atoms with van der Waals surface area (Å²) < 4.78 is 0.410. The third-order valence-corrected chi connectivity index (χ3v) is 8.69. The Morgan fingerprint density at radius 2 is 1.81 bits per heavy atom. The maximum Gasteiger partial charge on any atom is 0.169 e. The lowest BCUT2D eigenvalue weighted by Gasteiger charge is -2.58. The van der Waals surface area contributed by atoms with E-state index in [2.05, 4.69) is 49.4 Å². The highest BCUT2D eigenvalue weighted by atomic mass is 127. The number of hydrogen-bond donors (Lipinski definition) is 0. The molecule has 4 rings (SSSR count). The Labute approximate surface area is 172 Å². The summed E-state index contributed by atoms with van der Waals surface area (Å²) in [5, 5.41) is 0. The number of hydrogen-bond acceptors (Lipinski definition) is 1. The van der Waals surface area contributed by atoms with Crippen molar-refractivity contribution in [3.05, 3.63) is 47.5 Å². The zero-order valence-corrected chi connectivity index (χ0v) is 18.5. The van der Waals surface area contributed by atoms with Gasteiger partial charge >= 0.3 is 0 Å². The number of ketones is 1. The van der Waals surface area contributed by atoms with Crippen molar-refractivity contribution in [3.8, 4) is 0 Å². The zero-order valence-electron chi connectivity index (χ0n) is 16.4. The van der Waals surface area contributed by atoms with Gasteiger partial charge in [0, 0.05) is 14.4 Å². The fraction of sp³-hybridized carbons (Fsp3) is 0.625. The van der Waals surface area contributed by atoms with Crippen molar-refractivity contribution in [1.29, 1.82) is 0 Å². The molecule has 0 aromatic heterocycles. The number of alkyl halides is 1.